The number of aliphatic hydroxyl groups is 1. The highest BCUT2D eigenvalue weighted by Crippen LogP contribution is 2.17. The summed E-state index contributed by atoms with van der Waals surface area (Å²) in [4.78, 5) is 20.7. The normalized spacial score (nSPS) is 16.8. The van der Waals surface area contributed by atoms with E-state index in [1.807, 2.05) is 30.3 Å². The van der Waals surface area contributed by atoms with Crippen LogP contribution in [-0.4, -0.2) is 52.0 Å². The van der Waals surface area contributed by atoms with Crippen LogP contribution in [0.3, 0.4) is 0 Å². The lowest BCUT2D eigenvalue weighted by Crippen LogP contribution is -2.49. The van der Waals surface area contributed by atoms with Crippen molar-refractivity contribution in [1.29, 1.82) is 0 Å². The number of piperazine rings is 1. The van der Waals surface area contributed by atoms with Gasteiger partial charge in [0.2, 0.25) is 0 Å². The zero-order valence-electron chi connectivity index (χ0n) is 13.3. The molecular weight excluding hydrogens is 326 g/mol. The van der Waals surface area contributed by atoms with Crippen LogP contribution in [0.4, 0.5) is 0 Å². The number of aliphatic hydroxyl groups excluding tert-OH is 1. The highest BCUT2D eigenvalue weighted by molar-refractivity contribution is 6.30. The van der Waals surface area contributed by atoms with Crippen LogP contribution in [0.2, 0.25) is 5.02 Å². The third-order valence-electron chi connectivity index (χ3n) is 4.21. The van der Waals surface area contributed by atoms with Crippen LogP contribution in [0.15, 0.2) is 48.7 Å². The van der Waals surface area contributed by atoms with Crippen molar-refractivity contribution in [2.24, 2.45) is 0 Å². The summed E-state index contributed by atoms with van der Waals surface area (Å²) in [6, 6.07) is 12.8. The second-order valence-corrected chi connectivity index (χ2v) is 6.32. The molecule has 0 aliphatic carbocycles. The number of pyridine rings is 1. The van der Waals surface area contributed by atoms with Crippen LogP contribution < -0.4 is 0 Å². The lowest BCUT2D eigenvalue weighted by molar-refractivity contribution is -0.142. The summed E-state index contributed by atoms with van der Waals surface area (Å²) in [5.41, 5.74) is 1.60. The van der Waals surface area contributed by atoms with E-state index >= 15 is 0 Å². The number of hydrogen-bond donors (Lipinski definition) is 1. The Balaban J connectivity index is 1.53. The molecule has 2 heterocycles. The summed E-state index contributed by atoms with van der Waals surface area (Å²) in [5, 5.41) is 10.9. The largest absolute Gasteiger partial charge is 0.378 e. The fourth-order valence-electron chi connectivity index (χ4n) is 2.81. The number of benzene rings is 1. The Morgan fingerprint density at radius 1 is 1.12 bits per heavy atom. The second-order valence-electron chi connectivity index (χ2n) is 5.88. The molecule has 1 amide bonds. The van der Waals surface area contributed by atoms with Gasteiger partial charge in [-0.25, -0.2) is 0 Å². The molecular formula is C18H20ClN3O2. The third-order valence-corrected chi connectivity index (χ3v) is 4.43. The van der Waals surface area contributed by atoms with Gasteiger partial charge >= 0.3 is 0 Å². The molecule has 24 heavy (non-hydrogen) atoms. The van der Waals surface area contributed by atoms with Gasteiger partial charge in [0.1, 0.15) is 0 Å². The zero-order valence-corrected chi connectivity index (χ0v) is 14.1. The summed E-state index contributed by atoms with van der Waals surface area (Å²) in [7, 11) is 0. The number of amides is 1. The summed E-state index contributed by atoms with van der Waals surface area (Å²) in [6.07, 6.45) is 0.558. The smallest absolute Gasteiger partial charge is 0.256 e. The van der Waals surface area contributed by atoms with Crippen molar-refractivity contribution in [3.8, 4) is 0 Å². The molecule has 1 saturated heterocycles. The van der Waals surface area contributed by atoms with Crippen LogP contribution in [0.25, 0.3) is 0 Å². The van der Waals surface area contributed by atoms with Crippen LogP contribution in [-0.2, 0) is 11.3 Å². The lowest BCUT2D eigenvalue weighted by Gasteiger charge is -2.35. The van der Waals surface area contributed by atoms with Gasteiger partial charge in [0.05, 0.1) is 10.7 Å². The van der Waals surface area contributed by atoms with Crippen molar-refractivity contribution >= 4 is 17.5 Å². The molecule has 2 aromatic rings. The van der Waals surface area contributed by atoms with Gasteiger partial charge in [-0.15, -0.1) is 0 Å². The van der Waals surface area contributed by atoms with E-state index in [1.165, 1.54) is 0 Å². The molecule has 1 N–H and O–H groups in total. The van der Waals surface area contributed by atoms with Gasteiger partial charge in [0.15, 0.2) is 6.10 Å². The molecule has 5 nitrogen and oxygen atoms in total. The van der Waals surface area contributed by atoms with Gasteiger partial charge in [-0.1, -0.05) is 41.9 Å². The fourth-order valence-corrected chi connectivity index (χ4v) is 2.92. The first-order valence-corrected chi connectivity index (χ1v) is 8.36. The molecule has 0 spiro atoms. The number of nitrogens with zero attached hydrogens (tertiary/aromatic N) is 3. The molecule has 1 aliphatic rings. The van der Waals surface area contributed by atoms with Crippen molar-refractivity contribution in [1.82, 2.24) is 14.8 Å². The number of rotatable bonds is 4. The average Bonchev–Trinajstić information content (AvgIpc) is 2.64. The Labute approximate surface area is 146 Å². The number of aromatic nitrogens is 1. The first-order chi connectivity index (χ1) is 11.6. The van der Waals surface area contributed by atoms with Gasteiger partial charge in [-0.05, 0) is 17.7 Å². The van der Waals surface area contributed by atoms with E-state index in [-0.39, 0.29) is 5.91 Å². The van der Waals surface area contributed by atoms with Gasteiger partial charge in [0, 0.05) is 38.9 Å². The van der Waals surface area contributed by atoms with Gasteiger partial charge in [0.25, 0.3) is 5.91 Å². The van der Waals surface area contributed by atoms with Crippen LogP contribution in [0.5, 0.6) is 0 Å². The van der Waals surface area contributed by atoms with Crippen molar-refractivity contribution in [3.63, 3.8) is 0 Å². The van der Waals surface area contributed by atoms with Gasteiger partial charge in [-0.3, -0.25) is 14.7 Å². The Bertz CT molecular complexity index is 670. The summed E-state index contributed by atoms with van der Waals surface area (Å²) < 4.78 is 0. The number of hydrogen-bond acceptors (Lipinski definition) is 4. The summed E-state index contributed by atoms with van der Waals surface area (Å²) in [6.45, 7) is 3.47. The van der Waals surface area contributed by atoms with Crippen molar-refractivity contribution in [3.05, 3.63) is 64.9 Å². The highest BCUT2D eigenvalue weighted by atomic mass is 35.5. The van der Waals surface area contributed by atoms with Crippen LogP contribution >= 0.6 is 11.6 Å². The molecule has 1 atom stereocenters. The van der Waals surface area contributed by atoms with Crippen molar-refractivity contribution < 1.29 is 9.90 Å². The molecule has 0 unspecified atom stereocenters. The minimum atomic E-state index is -1.09. The van der Waals surface area contributed by atoms with E-state index in [0.717, 1.165) is 25.3 Å². The lowest BCUT2D eigenvalue weighted by atomic mass is 10.1. The maximum Gasteiger partial charge on any atom is 0.256 e. The average molecular weight is 346 g/mol. The molecule has 3 rings (SSSR count). The highest BCUT2D eigenvalue weighted by Gasteiger charge is 2.27. The summed E-state index contributed by atoms with van der Waals surface area (Å²) >= 11 is 5.84. The fraction of sp³-hybridized carbons (Fsp3) is 0.333. The third kappa shape index (κ3) is 4.12. The molecule has 126 valence electrons. The molecule has 6 heteroatoms. The molecule has 0 radical (unpaired) electrons. The second kappa shape index (κ2) is 7.75. The minimum absolute atomic E-state index is 0.231. The monoisotopic (exact) mass is 345 g/mol. The first-order valence-electron chi connectivity index (χ1n) is 7.98. The molecule has 1 aromatic carbocycles. The Morgan fingerprint density at radius 2 is 1.83 bits per heavy atom. The van der Waals surface area contributed by atoms with E-state index < -0.39 is 6.10 Å². The molecule has 0 saturated carbocycles. The van der Waals surface area contributed by atoms with Crippen LogP contribution in [0, 0.1) is 0 Å². The molecule has 0 bridgehead atoms. The molecule has 1 aromatic heterocycles. The van der Waals surface area contributed by atoms with E-state index in [4.69, 9.17) is 11.6 Å². The standard InChI is InChI=1S/C18H20ClN3O2/c19-15-6-7-16(20-12-15)13-21-8-10-22(11-9-21)18(24)17(23)14-4-2-1-3-5-14/h1-7,12,17,23H,8-11,13H2/t17-/m1/s1. The molecule has 1 aliphatic heterocycles. The number of carbonyl (C=O) groups is 1. The van der Waals surface area contributed by atoms with E-state index in [1.54, 1.807) is 23.2 Å². The quantitative estimate of drug-likeness (QED) is 0.922. The maximum absolute atomic E-state index is 12.4. The zero-order chi connectivity index (χ0) is 16.9. The Morgan fingerprint density at radius 3 is 2.46 bits per heavy atom. The van der Waals surface area contributed by atoms with E-state index in [0.29, 0.717) is 23.7 Å². The number of halogens is 1. The van der Waals surface area contributed by atoms with Crippen molar-refractivity contribution in [2.45, 2.75) is 12.6 Å². The predicted molar refractivity (Wildman–Crippen MR) is 92.5 cm³/mol. The molecule has 1 fully saturated rings. The topological polar surface area (TPSA) is 56.7 Å². The summed E-state index contributed by atoms with van der Waals surface area (Å²) in [5.74, 6) is -0.231. The number of carbonyl (C=O) groups excluding carboxylic acids is 1. The minimum Gasteiger partial charge on any atom is -0.378 e. The van der Waals surface area contributed by atoms with E-state index in [9.17, 15) is 9.90 Å². The Kier molecular flexibility index (Phi) is 5.45. The van der Waals surface area contributed by atoms with Gasteiger partial charge < -0.3 is 10.0 Å². The maximum atomic E-state index is 12.4. The SMILES string of the molecule is O=C([C@H](O)c1ccccc1)N1CCN(Cc2ccc(Cl)cn2)CC1. The Hall–Kier alpha value is -1.95. The van der Waals surface area contributed by atoms with Gasteiger partial charge in [-0.2, -0.15) is 0 Å². The predicted octanol–water partition coefficient (Wildman–Crippen LogP) is 2.11. The van der Waals surface area contributed by atoms with E-state index in [2.05, 4.69) is 9.88 Å². The van der Waals surface area contributed by atoms with Crippen molar-refractivity contribution in [2.75, 3.05) is 26.2 Å². The first kappa shape index (κ1) is 16.9. The van der Waals surface area contributed by atoms with Crippen LogP contribution in [0.1, 0.15) is 17.4 Å².